The van der Waals surface area contributed by atoms with Crippen LogP contribution in [0.5, 0.6) is 5.75 Å². The number of hydrogen-bond acceptors (Lipinski definition) is 5. The van der Waals surface area contributed by atoms with Crippen molar-refractivity contribution < 1.29 is 14.6 Å². The number of nitrogens with zero attached hydrogens (tertiary/aromatic N) is 2. The Morgan fingerprint density at radius 2 is 2.06 bits per heavy atom. The van der Waals surface area contributed by atoms with E-state index in [-0.39, 0.29) is 6.42 Å². The highest BCUT2D eigenvalue weighted by molar-refractivity contribution is 7.09. The Balaban J connectivity index is 1.29. The summed E-state index contributed by atoms with van der Waals surface area (Å²) in [5.41, 5.74) is 2.33. The van der Waals surface area contributed by atoms with Gasteiger partial charge in [-0.3, -0.25) is 9.78 Å². The maximum Gasteiger partial charge on any atom is 0.303 e. The Bertz CT molecular complexity index is 1070. The van der Waals surface area contributed by atoms with Crippen LogP contribution in [0.1, 0.15) is 55.4 Å². The number of pyridine rings is 1. The third-order valence-corrected chi connectivity index (χ3v) is 8.43. The average Bonchev–Trinajstić information content (AvgIpc) is 3.39. The van der Waals surface area contributed by atoms with Gasteiger partial charge in [0.25, 0.3) is 0 Å². The summed E-state index contributed by atoms with van der Waals surface area (Å²) in [6.07, 6.45) is 11.1. The van der Waals surface area contributed by atoms with E-state index in [0.29, 0.717) is 11.8 Å². The van der Waals surface area contributed by atoms with Crippen molar-refractivity contribution >= 4 is 28.2 Å². The van der Waals surface area contributed by atoms with E-state index in [1.807, 2.05) is 29.7 Å². The molecule has 1 fully saturated rings. The normalized spacial score (nSPS) is 18.7. The first kappa shape index (κ1) is 25.6. The number of aliphatic carboxylic acids is 1. The van der Waals surface area contributed by atoms with Gasteiger partial charge in [0.05, 0.1) is 12.6 Å². The first-order chi connectivity index (χ1) is 17.1. The molecular weight excluding hydrogens is 456 g/mol. The average molecular weight is 495 g/mol. The summed E-state index contributed by atoms with van der Waals surface area (Å²) in [4.78, 5) is 19.9. The maximum absolute atomic E-state index is 11.3. The van der Waals surface area contributed by atoms with Crippen LogP contribution in [0.25, 0.3) is 10.9 Å². The third kappa shape index (κ3) is 7.52. The van der Waals surface area contributed by atoms with Gasteiger partial charge in [-0.05, 0) is 118 Å². The summed E-state index contributed by atoms with van der Waals surface area (Å²) in [7, 11) is 1.70. The number of carboxylic acids is 1. The number of hydrogen-bond donors (Lipinski definition) is 1. The van der Waals surface area contributed by atoms with E-state index in [2.05, 4.69) is 39.5 Å². The SMILES string of the molecule is COc1ccc2nccc(CCC[C@@H]3CCN(CCCCc4cccs4)C[C@@H]3CCC(=O)O)c2c1. The zero-order chi connectivity index (χ0) is 24.5. The van der Waals surface area contributed by atoms with Crippen molar-refractivity contribution in [2.45, 2.75) is 57.8 Å². The van der Waals surface area contributed by atoms with E-state index in [1.165, 1.54) is 41.5 Å². The van der Waals surface area contributed by atoms with Crippen LogP contribution in [-0.4, -0.2) is 47.7 Å². The topological polar surface area (TPSA) is 62.7 Å². The number of benzene rings is 1. The summed E-state index contributed by atoms with van der Waals surface area (Å²) >= 11 is 1.85. The van der Waals surface area contributed by atoms with Gasteiger partial charge in [-0.25, -0.2) is 0 Å². The number of fused-ring (bicyclic) bond motifs is 1. The van der Waals surface area contributed by atoms with E-state index in [4.69, 9.17) is 4.74 Å². The molecule has 1 saturated heterocycles. The summed E-state index contributed by atoms with van der Waals surface area (Å²) in [5.74, 6) is 1.28. The lowest BCUT2D eigenvalue weighted by molar-refractivity contribution is -0.137. The van der Waals surface area contributed by atoms with Crippen LogP contribution < -0.4 is 4.74 Å². The lowest BCUT2D eigenvalue weighted by Crippen LogP contribution is -2.41. The first-order valence-electron chi connectivity index (χ1n) is 13.0. The van der Waals surface area contributed by atoms with E-state index >= 15 is 0 Å². The second-order valence-electron chi connectivity index (χ2n) is 9.82. The zero-order valence-electron chi connectivity index (χ0n) is 20.8. The molecule has 0 spiro atoms. The van der Waals surface area contributed by atoms with Gasteiger partial charge in [0.2, 0.25) is 0 Å². The molecule has 0 unspecified atom stereocenters. The van der Waals surface area contributed by atoms with Gasteiger partial charge >= 0.3 is 5.97 Å². The Morgan fingerprint density at radius 3 is 2.86 bits per heavy atom. The highest BCUT2D eigenvalue weighted by atomic mass is 32.1. The maximum atomic E-state index is 11.3. The quantitative estimate of drug-likeness (QED) is 0.277. The van der Waals surface area contributed by atoms with Crippen molar-refractivity contribution in [2.75, 3.05) is 26.7 Å². The number of aryl methyl sites for hydroxylation is 2. The Morgan fingerprint density at radius 1 is 1.14 bits per heavy atom. The molecule has 3 aromatic rings. The molecule has 0 radical (unpaired) electrons. The number of ether oxygens (including phenoxy) is 1. The van der Waals surface area contributed by atoms with Crippen LogP contribution in [0.15, 0.2) is 48.0 Å². The molecule has 1 N–H and O–H groups in total. The third-order valence-electron chi connectivity index (χ3n) is 7.49. The summed E-state index contributed by atoms with van der Waals surface area (Å²) in [6.45, 7) is 3.32. The second kappa shape index (κ2) is 13.0. The predicted molar refractivity (Wildman–Crippen MR) is 143 cm³/mol. The minimum Gasteiger partial charge on any atom is -0.497 e. The van der Waals surface area contributed by atoms with Crippen molar-refractivity contribution in [3.63, 3.8) is 0 Å². The highest BCUT2D eigenvalue weighted by Crippen LogP contribution is 2.32. The molecule has 0 saturated carbocycles. The molecule has 2 aromatic heterocycles. The number of likely N-dealkylation sites (tertiary alicyclic amines) is 1. The van der Waals surface area contributed by atoms with Gasteiger partial charge in [-0.1, -0.05) is 6.07 Å². The van der Waals surface area contributed by atoms with E-state index < -0.39 is 5.97 Å². The summed E-state index contributed by atoms with van der Waals surface area (Å²) in [6, 6.07) is 12.6. The number of rotatable bonds is 13. The van der Waals surface area contributed by atoms with Crippen LogP contribution >= 0.6 is 11.3 Å². The number of unbranched alkanes of at least 4 members (excludes halogenated alkanes) is 1. The fourth-order valence-corrected chi connectivity index (χ4v) is 6.30. The molecule has 5 nitrogen and oxygen atoms in total. The number of carboxylic acid groups (broad SMARTS) is 1. The van der Waals surface area contributed by atoms with Gasteiger partial charge < -0.3 is 14.7 Å². The van der Waals surface area contributed by atoms with Crippen molar-refractivity contribution in [2.24, 2.45) is 11.8 Å². The van der Waals surface area contributed by atoms with Gasteiger partial charge in [-0.2, -0.15) is 0 Å². The number of piperidine rings is 1. The van der Waals surface area contributed by atoms with Crippen LogP contribution in [0.3, 0.4) is 0 Å². The molecular formula is C29H38N2O3S. The van der Waals surface area contributed by atoms with E-state index in [9.17, 15) is 9.90 Å². The van der Waals surface area contributed by atoms with Crippen LogP contribution in [0.2, 0.25) is 0 Å². The van der Waals surface area contributed by atoms with Crippen molar-refractivity contribution in [3.8, 4) is 5.75 Å². The summed E-state index contributed by atoms with van der Waals surface area (Å²) < 4.78 is 5.42. The molecule has 35 heavy (non-hydrogen) atoms. The standard InChI is InChI=1S/C29H38N2O3S/c1-34-25-11-12-28-27(20-25)23(14-16-30-28)7-4-6-22-15-18-31(21-24(22)10-13-29(32)33)17-3-2-8-26-9-5-19-35-26/h5,9,11-12,14,16,19-20,22,24H,2-4,6-8,10,13,15,17-18,21H2,1H3,(H,32,33)/t22-,24+/m1/s1. The van der Waals surface area contributed by atoms with Gasteiger partial charge in [0.1, 0.15) is 5.75 Å². The van der Waals surface area contributed by atoms with E-state index in [0.717, 1.165) is 56.6 Å². The smallest absolute Gasteiger partial charge is 0.303 e. The van der Waals surface area contributed by atoms with Crippen molar-refractivity contribution in [1.82, 2.24) is 9.88 Å². The Kier molecular flexibility index (Phi) is 9.55. The van der Waals surface area contributed by atoms with Crippen molar-refractivity contribution in [3.05, 3.63) is 58.4 Å². The number of thiophene rings is 1. The Hall–Kier alpha value is -2.44. The number of carbonyl (C=O) groups is 1. The predicted octanol–water partition coefficient (Wildman–Crippen LogP) is 6.45. The molecule has 1 aromatic carbocycles. The van der Waals surface area contributed by atoms with Crippen molar-refractivity contribution in [1.29, 1.82) is 0 Å². The molecule has 1 aliphatic heterocycles. The molecule has 188 valence electrons. The molecule has 0 bridgehead atoms. The van der Waals surface area contributed by atoms with Crippen LogP contribution in [0, 0.1) is 11.8 Å². The lowest BCUT2D eigenvalue weighted by Gasteiger charge is -2.39. The van der Waals surface area contributed by atoms with Gasteiger partial charge in [0, 0.05) is 29.4 Å². The monoisotopic (exact) mass is 494 g/mol. The minimum absolute atomic E-state index is 0.280. The lowest BCUT2D eigenvalue weighted by atomic mass is 9.79. The molecule has 2 atom stereocenters. The number of aromatic nitrogens is 1. The number of methoxy groups -OCH3 is 1. The fraction of sp³-hybridized carbons (Fsp3) is 0.517. The zero-order valence-corrected chi connectivity index (χ0v) is 21.6. The molecule has 3 heterocycles. The van der Waals surface area contributed by atoms with Gasteiger partial charge in [-0.15, -0.1) is 11.3 Å². The highest BCUT2D eigenvalue weighted by Gasteiger charge is 2.29. The molecule has 6 heteroatoms. The second-order valence-corrected chi connectivity index (χ2v) is 10.9. The Labute approximate surface area is 213 Å². The molecule has 4 rings (SSSR count). The van der Waals surface area contributed by atoms with Gasteiger partial charge in [0.15, 0.2) is 0 Å². The fourth-order valence-electron chi connectivity index (χ4n) is 5.55. The molecule has 1 aliphatic rings. The molecule has 0 amide bonds. The first-order valence-corrected chi connectivity index (χ1v) is 13.9. The largest absolute Gasteiger partial charge is 0.497 e. The minimum atomic E-state index is -0.672. The molecule has 0 aliphatic carbocycles. The van der Waals surface area contributed by atoms with Crippen LogP contribution in [0.4, 0.5) is 0 Å². The van der Waals surface area contributed by atoms with Crippen LogP contribution in [-0.2, 0) is 17.6 Å². The summed E-state index contributed by atoms with van der Waals surface area (Å²) in [5, 5.41) is 12.6. The van der Waals surface area contributed by atoms with E-state index in [1.54, 1.807) is 7.11 Å².